The van der Waals surface area contributed by atoms with E-state index in [4.69, 9.17) is 5.14 Å². The van der Waals surface area contributed by atoms with Crippen LogP contribution in [-0.2, 0) is 16.6 Å². The van der Waals surface area contributed by atoms with Crippen molar-refractivity contribution in [2.24, 2.45) is 5.14 Å². The number of rotatable bonds is 4. The Bertz CT molecular complexity index is 472. The van der Waals surface area contributed by atoms with E-state index in [1.807, 2.05) is 13.8 Å². The maximum Gasteiger partial charge on any atom is 0.238 e. The third kappa shape index (κ3) is 3.55. The number of hydrogen-bond acceptors (Lipinski definition) is 3. The van der Waals surface area contributed by atoms with Crippen LogP contribution in [-0.4, -0.2) is 14.5 Å². The van der Waals surface area contributed by atoms with Crippen molar-refractivity contribution in [1.82, 2.24) is 5.32 Å². The van der Waals surface area contributed by atoms with Gasteiger partial charge in [0.25, 0.3) is 0 Å². The van der Waals surface area contributed by atoms with E-state index in [0.717, 1.165) is 6.07 Å². The van der Waals surface area contributed by atoms with Crippen LogP contribution in [0.15, 0.2) is 23.1 Å². The number of halogens is 1. The highest BCUT2D eigenvalue weighted by Crippen LogP contribution is 2.15. The molecule has 6 heteroatoms. The largest absolute Gasteiger partial charge is 0.310 e. The summed E-state index contributed by atoms with van der Waals surface area (Å²) in [5, 5.41) is 8.06. The van der Waals surface area contributed by atoms with Gasteiger partial charge in [-0.3, -0.25) is 0 Å². The molecule has 0 unspecified atom stereocenters. The first-order valence-corrected chi connectivity index (χ1v) is 6.40. The Labute approximate surface area is 94.7 Å². The number of hydrogen-bond donors (Lipinski definition) is 2. The van der Waals surface area contributed by atoms with E-state index in [9.17, 15) is 12.8 Å². The van der Waals surface area contributed by atoms with Crippen LogP contribution in [0, 0.1) is 5.82 Å². The molecular formula is C10H15FN2O2S. The van der Waals surface area contributed by atoms with Gasteiger partial charge in [0.2, 0.25) is 10.0 Å². The Morgan fingerprint density at radius 3 is 2.56 bits per heavy atom. The quantitative estimate of drug-likeness (QED) is 0.831. The number of nitrogens with one attached hydrogen (secondary N) is 1. The minimum atomic E-state index is -3.88. The summed E-state index contributed by atoms with van der Waals surface area (Å²) >= 11 is 0. The first-order chi connectivity index (χ1) is 7.30. The third-order valence-corrected chi connectivity index (χ3v) is 3.03. The minimum Gasteiger partial charge on any atom is -0.310 e. The molecule has 0 aliphatic heterocycles. The number of primary sulfonamides is 1. The van der Waals surface area contributed by atoms with Crippen molar-refractivity contribution >= 4 is 10.0 Å². The van der Waals surface area contributed by atoms with Crippen molar-refractivity contribution in [2.45, 2.75) is 31.3 Å². The van der Waals surface area contributed by atoms with Crippen LogP contribution in [0.25, 0.3) is 0 Å². The molecule has 0 atom stereocenters. The zero-order chi connectivity index (χ0) is 12.3. The first kappa shape index (κ1) is 13.1. The zero-order valence-corrected chi connectivity index (χ0v) is 10.0. The lowest BCUT2D eigenvalue weighted by atomic mass is 10.2. The molecule has 0 fully saturated rings. The van der Waals surface area contributed by atoms with Crippen molar-refractivity contribution in [2.75, 3.05) is 0 Å². The maximum atomic E-state index is 12.9. The van der Waals surface area contributed by atoms with Crippen LogP contribution >= 0.6 is 0 Å². The summed E-state index contributed by atoms with van der Waals surface area (Å²) < 4.78 is 35.4. The Kier molecular flexibility index (Phi) is 4.01. The van der Waals surface area contributed by atoms with E-state index in [1.54, 1.807) is 0 Å². The fraction of sp³-hybridized carbons (Fsp3) is 0.400. The zero-order valence-electron chi connectivity index (χ0n) is 9.20. The summed E-state index contributed by atoms with van der Waals surface area (Å²) in [5.74, 6) is -0.614. The highest BCUT2D eigenvalue weighted by molar-refractivity contribution is 7.89. The van der Waals surface area contributed by atoms with Crippen molar-refractivity contribution in [3.05, 3.63) is 29.6 Å². The van der Waals surface area contributed by atoms with Gasteiger partial charge in [0.15, 0.2) is 0 Å². The SMILES string of the molecule is CC(C)NCc1ccc(F)cc1S(N)(=O)=O. The molecule has 0 radical (unpaired) electrons. The summed E-state index contributed by atoms with van der Waals surface area (Å²) in [6.45, 7) is 4.20. The van der Waals surface area contributed by atoms with Crippen LogP contribution in [0.3, 0.4) is 0 Å². The second-order valence-electron chi connectivity index (χ2n) is 3.83. The summed E-state index contributed by atoms with van der Waals surface area (Å²) in [4.78, 5) is -0.166. The van der Waals surface area contributed by atoms with E-state index in [2.05, 4.69) is 5.32 Å². The topological polar surface area (TPSA) is 72.2 Å². The van der Waals surface area contributed by atoms with Gasteiger partial charge in [0.1, 0.15) is 5.82 Å². The predicted octanol–water partition coefficient (Wildman–Crippen LogP) is 0.971. The number of nitrogens with two attached hydrogens (primary N) is 1. The van der Waals surface area contributed by atoms with Gasteiger partial charge in [-0.25, -0.2) is 17.9 Å². The van der Waals surface area contributed by atoms with Gasteiger partial charge < -0.3 is 5.32 Å². The van der Waals surface area contributed by atoms with Crippen LogP contribution in [0.5, 0.6) is 0 Å². The molecular weight excluding hydrogens is 231 g/mol. The van der Waals surface area contributed by atoms with Gasteiger partial charge in [-0.15, -0.1) is 0 Å². The normalized spacial score (nSPS) is 12.1. The standard InChI is InChI=1S/C10H15FN2O2S/c1-7(2)13-6-8-3-4-9(11)5-10(8)16(12,14)15/h3-5,7,13H,6H2,1-2H3,(H2,12,14,15). The van der Waals surface area contributed by atoms with E-state index >= 15 is 0 Å². The average molecular weight is 246 g/mol. The molecule has 0 aliphatic carbocycles. The summed E-state index contributed by atoms with van der Waals surface area (Å²) in [6, 6.07) is 3.78. The van der Waals surface area contributed by atoms with Crippen molar-refractivity contribution in [3.63, 3.8) is 0 Å². The highest BCUT2D eigenvalue weighted by atomic mass is 32.2. The lowest BCUT2D eigenvalue weighted by molar-refractivity contribution is 0.569. The fourth-order valence-electron chi connectivity index (χ4n) is 1.25. The maximum absolute atomic E-state index is 12.9. The van der Waals surface area contributed by atoms with E-state index < -0.39 is 15.8 Å². The smallest absolute Gasteiger partial charge is 0.238 e. The molecule has 90 valence electrons. The van der Waals surface area contributed by atoms with Crippen LogP contribution in [0.4, 0.5) is 4.39 Å². The summed E-state index contributed by atoms with van der Waals surface area (Å²) in [6.07, 6.45) is 0. The summed E-state index contributed by atoms with van der Waals surface area (Å²) in [5.41, 5.74) is 0.470. The Balaban J connectivity index is 3.09. The lowest BCUT2D eigenvalue weighted by Crippen LogP contribution is -2.24. The predicted molar refractivity (Wildman–Crippen MR) is 59.7 cm³/mol. The lowest BCUT2D eigenvalue weighted by Gasteiger charge is -2.11. The van der Waals surface area contributed by atoms with Gasteiger partial charge in [0.05, 0.1) is 4.90 Å². The van der Waals surface area contributed by atoms with Crippen molar-refractivity contribution in [1.29, 1.82) is 0 Å². The van der Waals surface area contributed by atoms with E-state index in [0.29, 0.717) is 12.1 Å². The molecule has 0 bridgehead atoms. The third-order valence-electron chi connectivity index (χ3n) is 2.04. The van der Waals surface area contributed by atoms with Crippen molar-refractivity contribution < 1.29 is 12.8 Å². The molecule has 0 heterocycles. The van der Waals surface area contributed by atoms with E-state index in [-0.39, 0.29) is 10.9 Å². The molecule has 0 spiro atoms. The molecule has 0 aromatic heterocycles. The molecule has 1 aromatic rings. The number of sulfonamides is 1. The molecule has 1 rings (SSSR count). The van der Waals surface area contributed by atoms with Gasteiger partial charge in [-0.1, -0.05) is 19.9 Å². The van der Waals surface area contributed by atoms with Gasteiger partial charge in [-0.2, -0.15) is 0 Å². The molecule has 16 heavy (non-hydrogen) atoms. The van der Waals surface area contributed by atoms with Crippen LogP contribution in [0.1, 0.15) is 19.4 Å². The van der Waals surface area contributed by atoms with Crippen LogP contribution in [0.2, 0.25) is 0 Å². The number of benzene rings is 1. The van der Waals surface area contributed by atoms with E-state index in [1.165, 1.54) is 12.1 Å². The molecule has 3 N–H and O–H groups in total. The van der Waals surface area contributed by atoms with Crippen molar-refractivity contribution in [3.8, 4) is 0 Å². The molecule has 0 aliphatic rings. The highest BCUT2D eigenvalue weighted by Gasteiger charge is 2.14. The monoisotopic (exact) mass is 246 g/mol. The Morgan fingerprint density at radius 2 is 2.06 bits per heavy atom. The molecule has 0 amide bonds. The fourth-order valence-corrected chi connectivity index (χ4v) is 2.04. The molecule has 1 aromatic carbocycles. The first-order valence-electron chi connectivity index (χ1n) is 4.85. The second-order valence-corrected chi connectivity index (χ2v) is 5.36. The molecule has 4 nitrogen and oxygen atoms in total. The minimum absolute atomic E-state index is 0.166. The molecule has 0 saturated carbocycles. The molecule has 0 saturated heterocycles. The van der Waals surface area contributed by atoms with Gasteiger partial charge in [-0.05, 0) is 17.7 Å². The van der Waals surface area contributed by atoms with Gasteiger partial charge in [0, 0.05) is 12.6 Å². The Hall–Kier alpha value is -0.980. The van der Waals surface area contributed by atoms with Gasteiger partial charge >= 0.3 is 0 Å². The average Bonchev–Trinajstić information content (AvgIpc) is 2.14. The Morgan fingerprint density at radius 1 is 1.44 bits per heavy atom. The summed E-state index contributed by atoms with van der Waals surface area (Å²) in [7, 11) is -3.88. The second kappa shape index (κ2) is 4.90. The van der Waals surface area contributed by atoms with Crippen LogP contribution < -0.4 is 10.5 Å².